The van der Waals surface area contributed by atoms with Gasteiger partial charge < -0.3 is 5.32 Å². The minimum absolute atomic E-state index is 0.527. The molecule has 1 aromatic carbocycles. The van der Waals surface area contributed by atoms with Gasteiger partial charge in [-0.05, 0) is 29.8 Å². The summed E-state index contributed by atoms with van der Waals surface area (Å²) in [6.07, 6.45) is 1.61. The highest BCUT2D eigenvalue weighted by molar-refractivity contribution is 6.30. The smallest absolute Gasteiger partial charge is 0.130 e. The summed E-state index contributed by atoms with van der Waals surface area (Å²) in [6.45, 7) is 0. The predicted molar refractivity (Wildman–Crippen MR) is 68.5 cm³/mol. The number of benzene rings is 1. The second-order valence-electron chi connectivity index (χ2n) is 3.32. The zero-order valence-electron chi connectivity index (χ0n) is 8.45. The summed E-state index contributed by atoms with van der Waals surface area (Å²) in [5.41, 5.74) is 2.07. The Balaban J connectivity index is 2.11. The molecule has 16 heavy (non-hydrogen) atoms. The number of hydrogen-bond donors (Lipinski definition) is 1. The van der Waals surface area contributed by atoms with Gasteiger partial charge in [0, 0.05) is 17.8 Å². The molecule has 0 saturated heterocycles. The Morgan fingerprint density at radius 1 is 1.06 bits per heavy atom. The summed E-state index contributed by atoms with van der Waals surface area (Å²) < 4.78 is 0. The molecule has 0 aliphatic carbocycles. The van der Waals surface area contributed by atoms with Gasteiger partial charge in [0.05, 0.1) is 5.02 Å². The van der Waals surface area contributed by atoms with E-state index in [9.17, 15) is 0 Å². The number of nitrogens with one attached hydrogen (secondary N) is 1. The van der Waals surface area contributed by atoms with E-state index in [0.717, 1.165) is 17.1 Å². The maximum Gasteiger partial charge on any atom is 0.130 e. The first-order valence-electron chi connectivity index (χ1n) is 4.81. The second kappa shape index (κ2) is 5.19. The van der Waals surface area contributed by atoms with E-state index in [-0.39, 0.29) is 0 Å². The number of rotatable bonds is 3. The van der Waals surface area contributed by atoms with E-state index in [1.54, 1.807) is 12.3 Å². The molecular weight excluding hydrogens is 243 g/mol. The van der Waals surface area contributed by atoms with Crippen molar-refractivity contribution in [3.63, 3.8) is 0 Å². The van der Waals surface area contributed by atoms with Crippen LogP contribution in [-0.2, 0) is 5.88 Å². The van der Waals surface area contributed by atoms with Crippen molar-refractivity contribution in [1.82, 2.24) is 4.98 Å². The van der Waals surface area contributed by atoms with Gasteiger partial charge in [-0.1, -0.05) is 23.7 Å². The molecule has 0 saturated carbocycles. The standard InChI is InChI=1S/C12H10Cl2N2/c13-7-9-1-4-11(5-2-9)16-12-6-3-10(14)8-15-12/h1-6,8H,7H2,(H,15,16). The van der Waals surface area contributed by atoms with Crippen molar-refractivity contribution in [2.24, 2.45) is 0 Å². The Labute approximate surface area is 104 Å². The average Bonchev–Trinajstić information content (AvgIpc) is 2.33. The number of nitrogens with zero attached hydrogens (tertiary/aromatic N) is 1. The molecule has 2 rings (SSSR count). The Kier molecular flexibility index (Phi) is 3.65. The van der Waals surface area contributed by atoms with Crippen LogP contribution in [-0.4, -0.2) is 4.98 Å². The molecule has 1 N–H and O–H groups in total. The maximum absolute atomic E-state index is 5.75. The van der Waals surface area contributed by atoms with E-state index in [1.165, 1.54) is 0 Å². The second-order valence-corrected chi connectivity index (χ2v) is 4.02. The number of hydrogen-bond acceptors (Lipinski definition) is 2. The lowest BCUT2D eigenvalue weighted by Crippen LogP contribution is -1.92. The number of halogens is 2. The largest absolute Gasteiger partial charge is 0.340 e. The highest BCUT2D eigenvalue weighted by Crippen LogP contribution is 2.17. The van der Waals surface area contributed by atoms with Crippen LogP contribution in [0.1, 0.15) is 5.56 Å². The van der Waals surface area contributed by atoms with E-state index < -0.39 is 0 Å². The van der Waals surface area contributed by atoms with Gasteiger partial charge in [-0.15, -0.1) is 11.6 Å². The lowest BCUT2D eigenvalue weighted by Gasteiger charge is -2.05. The molecule has 82 valence electrons. The van der Waals surface area contributed by atoms with Gasteiger partial charge in [-0.25, -0.2) is 4.98 Å². The van der Waals surface area contributed by atoms with Gasteiger partial charge in [0.2, 0.25) is 0 Å². The zero-order valence-corrected chi connectivity index (χ0v) is 9.96. The summed E-state index contributed by atoms with van der Waals surface area (Å²) in [4.78, 5) is 4.15. The van der Waals surface area contributed by atoms with Crippen LogP contribution in [0.15, 0.2) is 42.6 Å². The molecule has 0 aliphatic rings. The topological polar surface area (TPSA) is 24.9 Å². The lowest BCUT2D eigenvalue weighted by molar-refractivity contribution is 1.30. The van der Waals surface area contributed by atoms with Crippen LogP contribution in [0, 0.1) is 0 Å². The molecule has 0 unspecified atom stereocenters. The van der Waals surface area contributed by atoms with Crippen LogP contribution in [0.3, 0.4) is 0 Å². The Bertz CT molecular complexity index is 451. The van der Waals surface area contributed by atoms with Crippen molar-refractivity contribution >= 4 is 34.7 Å². The Morgan fingerprint density at radius 2 is 1.81 bits per heavy atom. The van der Waals surface area contributed by atoms with Crippen LogP contribution in [0.25, 0.3) is 0 Å². The maximum atomic E-state index is 5.75. The lowest BCUT2D eigenvalue weighted by atomic mass is 10.2. The quantitative estimate of drug-likeness (QED) is 0.828. The van der Waals surface area contributed by atoms with Crippen molar-refractivity contribution in [1.29, 1.82) is 0 Å². The minimum Gasteiger partial charge on any atom is -0.340 e. The summed E-state index contributed by atoms with van der Waals surface area (Å²) in [5.74, 6) is 1.29. The van der Waals surface area contributed by atoms with Crippen LogP contribution in [0.4, 0.5) is 11.5 Å². The van der Waals surface area contributed by atoms with Gasteiger partial charge in [-0.3, -0.25) is 0 Å². The summed E-state index contributed by atoms with van der Waals surface area (Å²) in [6, 6.07) is 11.5. The van der Waals surface area contributed by atoms with E-state index in [1.807, 2.05) is 30.3 Å². The third kappa shape index (κ3) is 2.87. The zero-order chi connectivity index (χ0) is 11.4. The molecule has 0 spiro atoms. The SMILES string of the molecule is ClCc1ccc(Nc2ccc(Cl)cn2)cc1. The van der Waals surface area contributed by atoms with Crippen LogP contribution >= 0.6 is 23.2 Å². The van der Waals surface area contributed by atoms with E-state index in [0.29, 0.717) is 10.9 Å². The fourth-order valence-electron chi connectivity index (χ4n) is 1.27. The summed E-state index contributed by atoms with van der Waals surface area (Å²) in [5, 5.41) is 3.80. The molecule has 0 radical (unpaired) electrons. The van der Waals surface area contributed by atoms with E-state index >= 15 is 0 Å². The normalized spacial score (nSPS) is 10.1. The molecular formula is C12H10Cl2N2. The molecule has 4 heteroatoms. The predicted octanol–water partition coefficient (Wildman–Crippen LogP) is 4.22. The molecule has 2 nitrogen and oxygen atoms in total. The number of aromatic nitrogens is 1. The number of pyridine rings is 1. The van der Waals surface area contributed by atoms with Crippen molar-refractivity contribution in [2.45, 2.75) is 5.88 Å². The Morgan fingerprint density at radius 3 is 2.38 bits per heavy atom. The third-order valence-electron chi connectivity index (χ3n) is 2.11. The van der Waals surface area contributed by atoms with Gasteiger partial charge in [-0.2, -0.15) is 0 Å². The number of anilines is 2. The van der Waals surface area contributed by atoms with E-state index in [4.69, 9.17) is 23.2 Å². The highest BCUT2D eigenvalue weighted by Gasteiger charge is 1.96. The minimum atomic E-state index is 0.527. The van der Waals surface area contributed by atoms with Crippen LogP contribution in [0.2, 0.25) is 5.02 Å². The molecule has 0 fully saturated rings. The molecule has 1 aromatic heterocycles. The highest BCUT2D eigenvalue weighted by atomic mass is 35.5. The third-order valence-corrected chi connectivity index (χ3v) is 2.64. The fraction of sp³-hybridized carbons (Fsp3) is 0.0833. The van der Waals surface area contributed by atoms with Gasteiger partial charge in [0.1, 0.15) is 5.82 Å². The molecule has 1 heterocycles. The van der Waals surface area contributed by atoms with Crippen LogP contribution < -0.4 is 5.32 Å². The first-order chi connectivity index (χ1) is 7.78. The summed E-state index contributed by atoms with van der Waals surface area (Å²) >= 11 is 11.5. The monoisotopic (exact) mass is 252 g/mol. The summed E-state index contributed by atoms with van der Waals surface area (Å²) in [7, 11) is 0. The van der Waals surface area contributed by atoms with Crippen molar-refractivity contribution in [3.8, 4) is 0 Å². The first kappa shape index (κ1) is 11.2. The molecule has 0 aliphatic heterocycles. The van der Waals surface area contributed by atoms with Crippen LogP contribution in [0.5, 0.6) is 0 Å². The van der Waals surface area contributed by atoms with Crippen molar-refractivity contribution < 1.29 is 0 Å². The molecule has 0 amide bonds. The van der Waals surface area contributed by atoms with Crippen molar-refractivity contribution in [2.75, 3.05) is 5.32 Å². The fourth-order valence-corrected chi connectivity index (χ4v) is 1.56. The van der Waals surface area contributed by atoms with Gasteiger partial charge >= 0.3 is 0 Å². The molecule has 0 bridgehead atoms. The number of alkyl halides is 1. The molecule has 0 atom stereocenters. The van der Waals surface area contributed by atoms with E-state index in [2.05, 4.69) is 10.3 Å². The Hall–Kier alpha value is -1.25. The van der Waals surface area contributed by atoms with Crippen molar-refractivity contribution in [3.05, 3.63) is 53.2 Å². The van der Waals surface area contributed by atoms with Gasteiger partial charge in [0.15, 0.2) is 0 Å². The average molecular weight is 253 g/mol. The molecule has 2 aromatic rings. The first-order valence-corrected chi connectivity index (χ1v) is 5.72. The van der Waals surface area contributed by atoms with Gasteiger partial charge in [0.25, 0.3) is 0 Å².